The van der Waals surface area contributed by atoms with Gasteiger partial charge >= 0.3 is 6.03 Å². The van der Waals surface area contributed by atoms with E-state index in [2.05, 4.69) is 15.6 Å². The predicted octanol–water partition coefficient (Wildman–Crippen LogP) is 3.00. The maximum Gasteiger partial charge on any atom is 0.325 e. The summed E-state index contributed by atoms with van der Waals surface area (Å²) >= 11 is 0. The number of carbonyl (C=O) groups is 2. The second-order valence-corrected chi connectivity index (χ2v) is 8.25. The number of carbonyl (C=O) groups excluding carboxylic acids is 2. The molecule has 2 aliphatic carbocycles. The Hall–Kier alpha value is -1.92. The van der Waals surface area contributed by atoms with Crippen molar-refractivity contribution in [2.75, 3.05) is 0 Å². The largest absolute Gasteiger partial charge is 0.325 e. The van der Waals surface area contributed by atoms with Crippen molar-refractivity contribution in [3.8, 4) is 0 Å². The zero-order chi connectivity index (χ0) is 18.0. The molecule has 1 aromatic heterocycles. The van der Waals surface area contributed by atoms with Crippen LogP contribution >= 0.6 is 0 Å². The first-order chi connectivity index (χ1) is 12.7. The van der Waals surface area contributed by atoms with Crippen LogP contribution in [0.1, 0.15) is 76.3 Å². The fraction of sp³-hybridized carbons (Fsp3) is 0.789. The lowest BCUT2D eigenvalue weighted by Gasteiger charge is -2.24. The fourth-order valence-corrected chi connectivity index (χ4v) is 4.79. The number of aromatic nitrogens is 3. The molecule has 1 aliphatic heterocycles. The van der Waals surface area contributed by atoms with E-state index in [1.165, 1.54) is 37.0 Å². The van der Waals surface area contributed by atoms with Gasteiger partial charge < -0.3 is 5.32 Å². The molecule has 26 heavy (non-hydrogen) atoms. The number of urea groups is 1. The Balaban J connectivity index is 1.40. The van der Waals surface area contributed by atoms with Crippen LogP contribution in [0.4, 0.5) is 4.79 Å². The van der Waals surface area contributed by atoms with Crippen molar-refractivity contribution in [1.82, 2.24) is 25.2 Å². The van der Waals surface area contributed by atoms with E-state index >= 15 is 0 Å². The number of amides is 3. The Kier molecular flexibility index (Phi) is 4.96. The maximum atomic E-state index is 13.0. The molecule has 1 saturated heterocycles. The van der Waals surface area contributed by atoms with Crippen LogP contribution in [0, 0.1) is 5.92 Å². The van der Waals surface area contributed by atoms with Gasteiger partial charge in [-0.2, -0.15) is 0 Å². The number of nitrogens with one attached hydrogen (secondary N) is 1. The summed E-state index contributed by atoms with van der Waals surface area (Å²) in [5.74, 6) is 0.593. The van der Waals surface area contributed by atoms with E-state index in [4.69, 9.17) is 0 Å². The number of imide groups is 1. The van der Waals surface area contributed by atoms with Gasteiger partial charge in [0.15, 0.2) is 0 Å². The molecule has 142 valence electrons. The minimum absolute atomic E-state index is 0.0776. The quantitative estimate of drug-likeness (QED) is 0.838. The van der Waals surface area contributed by atoms with E-state index < -0.39 is 5.54 Å². The van der Waals surface area contributed by atoms with Crippen molar-refractivity contribution >= 4 is 11.9 Å². The van der Waals surface area contributed by atoms with Gasteiger partial charge in [-0.1, -0.05) is 50.2 Å². The van der Waals surface area contributed by atoms with Crippen molar-refractivity contribution in [1.29, 1.82) is 0 Å². The van der Waals surface area contributed by atoms with Crippen LogP contribution in [-0.4, -0.2) is 37.4 Å². The van der Waals surface area contributed by atoms with Crippen molar-refractivity contribution < 1.29 is 9.59 Å². The number of nitrogens with zero attached hydrogens (tertiary/aromatic N) is 4. The zero-order valence-electron chi connectivity index (χ0n) is 15.5. The molecule has 0 radical (unpaired) electrons. The topological polar surface area (TPSA) is 80.1 Å². The fourth-order valence-electron chi connectivity index (χ4n) is 4.79. The standard InChI is InChI=1S/C19H29N5O2/c25-17-19(10-6-1-2-7-11-19)20-18(26)24(17)14-16-13-23(22-21-16)12-15-8-4-3-5-9-15/h13,15H,1-12,14H2,(H,20,26). The third-order valence-corrected chi connectivity index (χ3v) is 6.28. The average molecular weight is 359 g/mol. The summed E-state index contributed by atoms with van der Waals surface area (Å²) in [6.07, 6.45) is 14.1. The Morgan fingerprint density at radius 1 is 1.04 bits per heavy atom. The SMILES string of the molecule is O=C1NC2(CCCCCC2)C(=O)N1Cc1cn(CC2CCCCC2)nn1. The normalized spacial score (nSPS) is 24.1. The molecular weight excluding hydrogens is 330 g/mol. The van der Waals surface area contributed by atoms with Gasteiger partial charge in [0.1, 0.15) is 11.2 Å². The lowest BCUT2D eigenvalue weighted by Crippen LogP contribution is -2.46. The van der Waals surface area contributed by atoms with Gasteiger partial charge in [-0.15, -0.1) is 5.10 Å². The van der Waals surface area contributed by atoms with Crippen molar-refractivity contribution in [3.63, 3.8) is 0 Å². The van der Waals surface area contributed by atoms with Crippen LogP contribution in [-0.2, 0) is 17.9 Å². The number of hydrogen-bond acceptors (Lipinski definition) is 4. The van der Waals surface area contributed by atoms with Gasteiger partial charge in [-0.05, 0) is 31.6 Å². The summed E-state index contributed by atoms with van der Waals surface area (Å²) < 4.78 is 1.88. The Labute approximate surface area is 154 Å². The van der Waals surface area contributed by atoms with Gasteiger partial charge in [-0.25, -0.2) is 4.79 Å². The third kappa shape index (κ3) is 3.48. The monoisotopic (exact) mass is 359 g/mol. The molecule has 7 nitrogen and oxygen atoms in total. The van der Waals surface area contributed by atoms with Crippen LogP contribution in [0.25, 0.3) is 0 Å². The minimum atomic E-state index is -0.675. The molecule has 0 aromatic carbocycles. The summed E-state index contributed by atoms with van der Waals surface area (Å²) in [7, 11) is 0. The smallest absolute Gasteiger partial charge is 0.323 e. The number of hydrogen-bond donors (Lipinski definition) is 1. The average Bonchev–Trinajstić information content (AvgIpc) is 3.06. The molecule has 2 saturated carbocycles. The third-order valence-electron chi connectivity index (χ3n) is 6.28. The van der Waals surface area contributed by atoms with Crippen LogP contribution in [0.2, 0.25) is 0 Å². The summed E-state index contributed by atoms with van der Waals surface area (Å²) in [5.41, 5.74) is 0.0149. The van der Waals surface area contributed by atoms with Crippen LogP contribution in [0.3, 0.4) is 0 Å². The molecule has 3 amide bonds. The van der Waals surface area contributed by atoms with Crippen molar-refractivity contribution in [2.45, 2.75) is 89.3 Å². The Morgan fingerprint density at radius 2 is 1.73 bits per heavy atom. The van der Waals surface area contributed by atoms with E-state index in [0.29, 0.717) is 11.6 Å². The van der Waals surface area contributed by atoms with Gasteiger partial charge in [-0.3, -0.25) is 14.4 Å². The first kappa shape index (κ1) is 17.5. The highest BCUT2D eigenvalue weighted by atomic mass is 16.2. The summed E-state index contributed by atoms with van der Waals surface area (Å²) in [6.45, 7) is 1.11. The van der Waals surface area contributed by atoms with Crippen LogP contribution < -0.4 is 5.32 Å². The van der Waals surface area contributed by atoms with E-state index in [1.54, 1.807) is 0 Å². The number of rotatable bonds is 4. The van der Waals surface area contributed by atoms with E-state index in [-0.39, 0.29) is 18.5 Å². The lowest BCUT2D eigenvalue weighted by atomic mass is 9.89. The molecular formula is C19H29N5O2. The lowest BCUT2D eigenvalue weighted by molar-refractivity contribution is -0.132. The second-order valence-electron chi connectivity index (χ2n) is 8.25. The first-order valence-electron chi connectivity index (χ1n) is 10.2. The van der Waals surface area contributed by atoms with Gasteiger partial charge in [0.2, 0.25) is 0 Å². The molecule has 0 bridgehead atoms. The second kappa shape index (κ2) is 7.37. The van der Waals surface area contributed by atoms with Gasteiger partial charge in [0.25, 0.3) is 5.91 Å². The molecule has 0 atom stereocenters. The Bertz CT molecular complexity index is 657. The van der Waals surface area contributed by atoms with Crippen molar-refractivity contribution in [3.05, 3.63) is 11.9 Å². The first-order valence-corrected chi connectivity index (χ1v) is 10.2. The molecule has 7 heteroatoms. The highest BCUT2D eigenvalue weighted by Gasteiger charge is 2.50. The van der Waals surface area contributed by atoms with E-state index in [1.807, 2.05) is 10.9 Å². The molecule has 0 unspecified atom stereocenters. The molecule has 3 fully saturated rings. The highest BCUT2D eigenvalue weighted by molar-refractivity contribution is 6.06. The summed E-state index contributed by atoms with van der Waals surface area (Å²) in [6, 6.07) is -0.279. The molecule has 2 heterocycles. The van der Waals surface area contributed by atoms with Crippen LogP contribution in [0.5, 0.6) is 0 Å². The Morgan fingerprint density at radius 3 is 2.46 bits per heavy atom. The highest BCUT2D eigenvalue weighted by Crippen LogP contribution is 2.33. The zero-order valence-corrected chi connectivity index (χ0v) is 15.5. The maximum absolute atomic E-state index is 13.0. The van der Waals surface area contributed by atoms with E-state index in [0.717, 1.165) is 45.1 Å². The molecule has 3 aliphatic rings. The van der Waals surface area contributed by atoms with Gasteiger partial charge in [0, 0.05) is 6.54 Å². The summed E-state index contributed by atoms with van der Waals surface area (Å²) in [5, 5.41) is 11.4. The van der Waals surface area contributed by atoms with Gasteiger partial charge in [0.05, 0.1) is 12.7 Å². The predicted molar refractivity (Wildman–Crippen MR) is 96.1 cm³/mol. The summed E-state index contributed by atoms with van der Waals surface area (Å²) in [4.78, 5) is 26.7. The molecule has 1 N–H and O–H groups in total. The van der Waals surface area contributed by atoms with E-state index in [9.17, 15) is 9.59 Å². The molecule has 4 rings (SSSR count). The molecule has 1 aromatic rings. The minimum Gasteiger partial charge on any atom is -0.323 e. The van der Waals surface area contributed by atoms with Crippen LogP contribution in [0.15, 0.2) is 6.20 Å². The van der Waals surface area contributed by atoms with Crippen molar-refractivity contribution in [2.24, 2.45) is 5.92 Å². The molecule has 1 spiro atoms.